The summed E-state index contributed by atoms with van der Waals surface area (Å²) in [6, 6.07) is 14.3. The van der Waals surface area contributed by atoms with Crippen LogP contribution in [0.15, 0.2) is 53.3 Å². The van der Waals surface area contributed by atoms with Crippen molar-refractivity contribution in [2.24, 2.45) is 5.92 Å². The molecule has 2 saturated heterocycles. The highest BCUT2D eigenvalue weighted by Crippen LogP contribution is 2.25. The van der Waals surface area contributed by atoms with E-state index in [2.05, 4.69) is 9.97 Å². The van der Waals surface area contributed by atoms with Gasteiger partial charge in [-0.15, -0.1) is 0 Å². The monoisotopic (exact) mass is 435 g/mol. The number of hydrogen-bond donors (Lipinski definition) is 1. The van der Waals surface area contributed by atoms with Gasteiger partial charge in [0.05, 0.1) is 16.7 Å². The summed E-state index contributed by atoms with van der Waals surface area (Å²) in [7, 11) is 0. The molecule has 0 unspecified atom stereocenters. The minimum absolute atomic E-state index is 0.0502. The predicted octanol–water partition coefficient (Wildman–Crippen LogP) is 2.63. The zero-order valence-corrected chi connectivity index (χ0v) is 17.8. The molecule has 1 aromatic heterocycles. The molecule has 2 aromatic carbocycles. The summed E-state index contributed by atoms with van der Waals surface area (Å²) in [5, 5.41) is 0. The van der Waals surface area contributed by atoms with E-state index in [9.17, 15) is 14.0 Å². The number of halogens is 1. The molecular formula is C24H26FN5O2. The highest BCUT2D eigenvalue weighted by atomic mass is 19.1. The van der Waals surface area contributed by atoms with E-state index in [0.717, 1.165) is 11.0 Å². The summed E-state index contributed by atoms with van der Waals surface area (Å²) in [5.41, 5.74) is 1.88. The standard InChI is InChI=1S/C24H26FN5O2/c25-18-5-1-4-8-21(18)28-13-15-30(16-14-28)24(32)17-9-11-29(12-10-17)22-23(31)27-20-7-3-2-6-19(20)26-22/h1-8,17H,9-16H2,(H,27,31). The van der Waals surface area contributed by atoms with Gasteiger partial charge in [-0.3, -0.25) is 9.59 Å². The van der Waals surface area contributed by atoms with E-state index in [1.54, 1.807) is 12.1 Å². The lowest BCUT2D eigenvalue weighted by molar-refractivity contribution is -0.136. The third-order valence-corrected chi connectivity index (χ3v) is 6.51. The second-order valence-electron chi connectivity index (χ2n) is 8.43. The minimum Gasteiger partial charge on any atom is -0.366 e. The van der Waals surface area contributed by atoms with Crippen LogP contribution in [0.1, 0.15) is 12.8 Å². The number of anilines is 2. The number of aromatic amines is 1. The lowest BCUT2D eigenvalue weighted by atomic mass is 9.95. The topological polar surface area (TPSA) is 72.5 Å². The van der Waals surface area contributed by atoms with Gasteiger partial charge in [0.15, 0.2) is 5.82 Å². The first-order valence-corrected chi connectivity index (χ1v) is 11.1. The second-order valence-corrected chi connectivity index (χ2v) is 8.43. The summed E-state index contributed by atoms with van der Waals surface area (Å²) < 4.78 is 14.1. The molecule has 0 aliphatic carbocycles. The van der Waals surface area contributed by atoms with E-state index in [-0.39, 0.29) is 23.2 Å². The second kappa shape index (κ2) is 8.61. The molecule has 0 radical (unpaired) electrons. The van der Waals surface area contributed by atoms with E-state index in [1.807, 2.05) is 45.0 Å². The Morgan fingerprint density at radius 2 is 1.59 bits per heavy atom. The van der Waals surface area contributed by atoms with E-state index >= 15 is 0 Å². The molecule has 1 N–H and O–H groups in total. The van der Waals surface area contributed by atoms with Gasteiger partial charge in [-0.2, -0.15) is 0 Å². The van der Waals surface area contributed by atoms with Crippen LogP contribution in [0.2, 0.25) is 0 Å². The quantitative estimate of drug-likeness (QED) is 0.685. The van der Waals surface area contributed by atoms with Crippen molar-refractivity contribution < 1.29 is 9.18 Å². The van der Waals surface area contributed by atoms with Crippen LogP contribution < -0.4 is 15.4 Å². The molecule has 7 nitrogen and oxygen atoms in total. The average Bonchev–Trinajstić information content (AvgIpc) is 2.84. The molecule has 166 valence electrons. The molecule has 1 amide bonds. The molecule has 3 aromatic rings. The molecule has 0 saturated carbocycles. The molecule has 3 heterocycles. The van der Waals surface area contributed by atoms with Crippen LogP contribution in [0.4, 0.5) is 15.9 Å². The maximum Gasteiger partial charge on any atom is 0.291 e. The number of nitrogens with zero attached hydrogens (tertiary/aromatic N) is 4. The number of piperazine rings is 1. The lowest BCUT2D eigenvalue weighted by Crippen LogP contribution is -2.52. The summed E-state index contributed by atoms with van der Waals surface area (Å²) in [6.07, 6.45) is 1.39. The zero-order chi connectivity index (χ0) is 22.1. The fourth-order valence-corrected chi connectivity index (χ4v) is 4.71. The van der Waals surface area contributed by atoms with E-state index in [1.165, 1.54) is 6.07 Å². The molecule has 0 spiro atoms. The summed E-state index contributed by atoms with van der Waals surface area (Å²) >= 11 is 0. The van der Waals surface area contributed by atoms with Crippen LogP contribution in [-0.4, -0.2) is 60.0 Å². The van der Waals surface area contributed by atoms with E-state index in [4.69, 9.17) is 0 Å². The Balaban J connectivity index is 1.19. The summed E-state index contributed by atoms with van der Waals surface area (Å²) in [4.78, 5) is 38.9. The molecule has 2 aliphatic heterocycles. The van der Waals surface area contributed by atoms with Gasteiger partial charge in [0.2, 0.25) is 5.91 Å². The van der Waals surface area contributed by atoms with E-state index < -0.39 is 0 Å². The Bertz CT molecular complexity index is 1180. The lowest BCUT2D eigenvalue weighted by Gasteiger charge is -2.39. The number of amides is 1. The van der Waals surface area contributed by atoms with Crippen molar-refractivity contribution in [1.29, 1.82) is 0 Å². The maximum absolute atomic E-state index is 14.1. The van der Waals surface area contributed by atoms with Crippen LogP contribution >= 0.6 is 0 Å². The SMILES string of the molecule is O=C(C1CCN(c2nc3ccccc3[nH]c2=O)CC1)N1CCN(c2ccccc2F)CC1. The number of benzene rings is 2. The number of fused-ring (bicyclic) bond motifs is 1. The van der Waals surface area contributed by atoms with Crippen molar-refractivity contribution in [3.8, 4) is 0 Å². The number of piperidine rings is 1. The molecule has 0 bridgehead atoms. The van der Waals surface area contributed by atoms with Crippen LogP contribution in [0.25, 0.3) is 11.0 Å². The first-order chi connectivity index (χ1) is 15.6. The fourth-order valence-electron chi connectivity index (χ4n) is 4.71. The van der Waals surface area contributed by atoms with Crippen molar-refractivity contribution in [2.75, 3.05) is 49.1 Å². The van der Waals surface area contributed by atoms with Gasteiger partial charge in [0.1, 0.15) is 5.82 Å². The van der Waals surface area contributed by atoms with Gasteiger partial charge in [-0.25, -0.2) is 9.37 Å². The van der Waals surface area contributed by atoms with Crippen molar-refractivity contribution in [3.05, 3.63) is 64.7 Å². The largest absolute Gasteiger partial charge is 0.366 e. The fraction of sp³-hybridized carbons (Fsp3) is 0.375. The first kappa shape index (κ1) is 20.5. The maximum atomic E-state index is 14.1. The molecule has 2 fully saturated rings. The number of rotatable bonds is 3. The first-order valence-electron chi connectivity index (χ1n) is 11.1. The predicted molar refractivity (Wildman–Crippen MR) is 122 cm³/mol. The van der Waals surface area contributed by atoms with Crippen LogP contribution in [-0.2, 0) is 4.79 Å². The molecular weight excluding hydrogens is 409 g/mol. The van der Waals surface area contributed by atoms with Gasteiger partial charge in [-0.1, -0.05) is 24.3 Å². The van der Waals surface area contributed by atoms with Crippen molar-refractivity contribution >= 4 is 28.4 Å². The van der Waals surface area contributed by atoms with E-state index in [0.29, 0.717) is 63.6 Å². The van der Waals surface area contributed by atoms with Crippen molar-refractivity contribution in [2.45, 2.75) is 12.8 Å². The molecule has 5 rings (SSSR count). The van der Waals surface area contributed by atoms with Gasteiger partial charge in [-0.05, 0) is 37.1 Å². The Morgan fingerprint density at radius 1 is 0.906 bits per heavy atom. The average molecular weight is 436 g/mol. The number of carbonyl (C=O) groups is 1. The third kappa shape index (κ3) is 3.92. The van der Waals surface area contributed by atoms with Crippen molar-refractivity contribution in [3.63, 3.8) is 0 Å². The number of hydrogen-bond acceptors (Lipinski definition) is 5. The third-order valence-electron chi connectivity index (χ3n) is 6.51. The number of para-hydroxylation sites is 3. The molecule has 2 aliphatic rings. The number of H-pyrrole nitrogens is 1. The normalized spacial score (nSPS) is 17.7. The Kier molecular flexibility index (Phi) is 5.51. The van der Waals surface area contributed by atoms with Gasteiger partial charge < -0.3 is 19.7 Å². The van der Waals surface area contributed by atoms with Crippen molar-refractivity contribution in [1.82, 2.24) is 14.9 Å². The summed E-state index contributed by atoms with van der Waals surface area (Å²) in [5.74, 6) is 0.314. The molecule has 8 heteroatoms. The number of aromatic nitrogens is 2. The number of carbonyl (C=O) groups excluding carboxylic acids is 1. The van der Waals surface area contributed by atoms with Crippen LogP contribution in [0.3, 0.4) is 0 Å². The van der Waals surface area contributed by atoms with Gasteiger partial charge in [0.25, 0.3) is 5.56 Å². The Labute approximate surface area is 185 Å². The Morgan fingerprint density at radius 3 is 2.34 bits per heavy atom. The Hall–Kier alpha value is -3.42. The summed E-state index contributed by atoms with van der Waals surface area (Å²) in [6.45, 7) is 3.70. The van der Waals surface area contributed by atoms with Gasteiger partial charge in [0, 0.05) is 45.2 Å². The molecule has 32 heavy (non-hydrogen) atoms. The van der Waals surface area contributed by atoms with Crippen LogP contribution in [0, 0.1) is 11.7 Å². The smallest absolute Gasteiger partial charge is 0.291 e. The highest BCUT2D eigenvalue weighted by molar-refractivity contribution is 5.80. The zero-order valence-electron chi connectivity index (χ0n) is 17.8. The minimum atomic E-state index is -0.225. The number of nitrogens with one attached hydrogen (secondary N) is 1. The molecule has 0 atom stereocenters. The highest BCUT2D eigenvalue weighted by Gasteiger charge is 2.31. The van der Waals surface area contributed by atoms with Crippen LogP contribution in [0.5, 0.6) is 0 Å². The van der Waals surface area contributed by atoms with Gasteiger partial charge >= 0.3 is 0 Å².